The van der Waals surface area contributed by atoms with Crippen molar-refractivity contribution >= 4 is 17.3 Å². The molecule has 2 fully saturated rings. The van der Waals surface area contributed by atoms with Gasteiger partial charge in [-0.05, 0) is 35.8 Å². The molecule has 3 atom stereocenters. The van der Waals surface area contributed by atoms with Crippen molar-refractivity contribution in [3.05, 3.63) is 21.9 Å². The van der Waals surface area contributed by atoms with E-state index in [1.54, 1.807) is 0 Å². The number of carboxylic acids is 1. The van der Waals surface area contributed by atoms with Gasteiger partial charge in [0, 0.05) is 25.6 Å². The van der Waals surface area contributed by atoms with Gasteiger partial charge in [0.05, 0.1) is 6.10 Å². The fourth-order valence-electron chi connectivity index (χ4n) is 3.35. The molecular weight excluding hydrogens is 250 g/mol. The Morgan fingerprint density at radius 3 is 3.00 bits per heavy atom. The number of hydrogen-bond acceptors (Lipinski definition) is 4. The Morgan fingerprint density at radius 2 is 2.28 bits per heavy atom. The van der Waals surface area contributed by atoms with Gasteiger partial charge in [0.2, 0.25) is 0 Å². The van der Waals surface area contributed by atoms with E-state index in [4.69, 9.17) is 5.11 Å². The van der Waals surface area contributed by atoms with Crippen LogP contribution in [0.4, 0.5) is 0 Å². The molecule has 3 unspecified atom stereocenters. The topological polar surface area (TPSA) is 60.8 Å². The summed E-state index contributed by atoms with van der Waals surface area (Å²) >= 11 is 1.29. The molecule has 1 aliphatic heterocycles. The number of carbonyl (C=O) groups is 1. The molecule has 0 radical (unpaired) electrons. The normalized spacial score (nSPS) is 31.7. The number of aliphatic hydroxyl groups excluding tert-OH is 1. The van der Waals surface area contributed by atoms with E-state index < -0.39 is 5.97 Å². The minimum Gasteiger partial charge on any atom is -0.477 e. The van der Waals surface area contributed by atoms with Crippen molar-refractivity contribution in [3.63, 3.8) is 0 Å². The van der Waals surface area contributed by atoms with E-state index >= 15 is 0 Å². The molecule has 0 bridgehead atoms. The first-order chi connectivity index (χ1) is 8.65. The molecule has 2 N–H and O–H groups in total. The molecule has 0 amide bonds. The van der Waals surface area contributed by atoms with Crippen LogP contribution in [0.5, 0.6) is 0 Å². The van der Waals surface area contributed by atoms with Crippen molar-refractivity contribution in [2.75, 3.05) is 13.1 Å². The third kappa shape index (κ3) is 2.06. The van der Waals surface area contributed by atoms with Crippen LogP contribution in [-0.2, 0) is 6.54 Å². The summed E-state index contributed by atoms with van der Waals surface area (Å²) in [5.74, 6) is 0.170. The van der Waals surface area contributed by atoms with E-state index in [0.29, 0.717) is 23.3 Å². The fourth-order valence-corrected chi connectivity index (χ4v) is 4.10. The molecule has 1 saturated carbocycles. The highest BCUT2D eigenvalue weighted by Crippen LogP contribution is 2.38. The fraction of sp³-hybridized carbons (Fsp3) is 0.615. The summed E-state index contributed by atoms with van der Waals surface area (Å²) in [5.41, 5.74) is 0.905. The average Bonchev–Trinajstić information content (AvgIpc) is 2.98. The lowest BCUT2D eigenvalue weighted by Gasteiger charge is -2.17. The van der Waals surface area contributed by atoms with E-state index in [0.717, 1.165) is 31.5 Å². The molecule has 0 aromatic carbocycles. The van der Waals surface area contributed by atoms with Crippen LogP contribution < -0.4 is 0 Å². The van der Waals surface area contributed by atoms with Gasteiger partial charge in [0.25, 0.3) is 0 Å². The number of fused-ring (bicyclic) bond motifs is 1. The Balaban J connectivity index is 1.68. The SMILES string of the molecule is O=C(O)c1sccc1CN1CC2CCC(O)C2C1. The number of carboxylic acid groups (broad SMARTS) is 1. The van der Waals surface area contributed by atoms with Crippen molar-refractivity contribution < 1.29 is 15.0 Å². The van der Waals surface area contributed by atoms with Gasteiger partial charge in [-0.3, -0.25) is 4.90 Å². The number of nitrogens with zero attached hydrogens (tertiary/aromatic N) is 1. The van der Waals surface area contributed by atoms with E-state index in [1.807, 2.05) is 11.4 Å². The van der Waals surface area contributed by atoms with Crippen LogP contribution in [0.3, 0.4) is 0 Å². The molecule has 1 saturated heterocycles. The second-order valence-electron chi connectivity index (χ2n) is 5.34. The van der Waals surface area contributed by atoms with E-state index in [9.17, 15) is 9.90 Å². The standard InChI is InChI=1S/C13H17NO3S/c15-11-2-1-8-5-14(7-10(8)11)6-9-3-4-18-12(9)13(16)17/h3-4,8,10-11,15H,1-2,5-7H2,(H,16,17). The summed E-state index contributed by atoms with van der Waals surface area (Å²) in [7, 11) is 0. The number of aliphatic hydroxyl groups is 1. The van der Waals surface area contributed by atoms with Gasteiger partial charge in [-0.15, -0.1) is 11.3 Å². The summed E-state index contributed by atoms with van der Waals surface area (Å²) in [6.45, 7) is 2.60. The van der Waals surface area contributed by atoms with Crippen molar-refractivity contribution in [2.24, 2.45) is 11.8 Å². The van der Waals surface area contributed by atoms with Crippen LogP contribution in [0.25, 0.3) is 0 Å². The molecule has 0 spiro atoms. The molecule has 4 nitrogen and oxygen atoms in total. The second kappa shape index (κ2) is 4.64. The molecule has 98 valence electrons. The smallest absolute Gasteiger partial charge is 0.346 e. The monoisotopic (exact) mass is 267 g/mol. The minimum atomic E-state index is -0.834. The van der Waals surface area contributed by atoms with Gasteiger partial charge in [-0.2, -0.15) is 0 Å². The first kappa shape index (κ1) is 12.1. The molecule has 1 aliphatic carbocycles. The minimum absolute atomic E-state index is 0.151. The van der Waals surface area contributed by atoms with Gasteiger partial charge in [0.15, 0.2) is 0 Å². The molecular formula is C13H17NO3S. The van der Waals surface area contributed by atoms with Crippen molar-refractivity contribution in [1.29, 1.82) is 0 Å². The summed E-state index contributed by atoms with van der Waals surface area (Å²) in [6, 6.07) is 1.90. The number of thiophene rings is 1. The maximum absolute atomic E-state index is 11.1. The zero-order valence-electron chi connectivity index (χ0n) is 10.1. The first-order valence-corrected chi connectivity index (χ1v) is 7.23. The van der Waals surface area contributed by atoms with Gasteiger partial charge in [0.1, 0.15) is 4.88 Å². The Kier molecular flexibility index (Phi) is 3.13. The van der Waals surface area contributed by atoms with Gasteiger partial charge >= 0.3 is 5.97 Å². The Hall–Kier alpha value is -0.910. The van der Waals surface area contributed by atoms with Crippen molar-refractivity contribution in [3.8, 4) is 0 Å². The van der Waals surface area contributed by atoms with Crippen molar-refractivity contribution in [1.82, 2.24) is 4.90 Å². The predicted octanol–water partition coefficient (Wildman–Crippen LogP) is 1.65. The number of rotatable bonds is 3. The van der Waals surface area contributed by atoms with Gasteiger partial charge in [-0.25, -0.2) is 4.79 Å². The van der Waals surface area contributed by atoms with Gasteiger partial charge < -0.3 is 10.2 Å². The number of hydrogen-bond donors (Lipinski definition) is 2. The van der Waals surface area contributed by atoms with Crippen LogP contribution in [0.2, 0.25) is 0 Å². The second-order valence-corrected chi connectivity index (χ2v) is 6.26. The zero-order valence-corrected chi connectivity index (χ0v) is 10.9. The molecule has 3 rings (SSSR count). The highest BCUT2D eigenvalue weighted by molar-refractivity contribution is 7.12. The maximum atomic E-state index is 11.1. The van der Waals surface area contributed by atoms with Crippen molar-refractivity contribution in [2.45, 2.75) is 25.5 Å². The lowest BCUT2D eigenvalue weighted by Crippen LogP contribution is -2.24. The summed E-state index contributed by atoms with van der Waals surface area (Å²) in [5, 5.41) is 20.8. The molecule has 18 heavy (non-hydrogen) atoms. The summed E-state index contributed by atoms with van der Waals surface area (Å²) in [6.07, 6.45) is 1.89. The van der Waals surface area contributed by atoms with Crippen LogP contribution in [-0.4, -0.2) is 40.3 Å². The first-order valence-electron chi connectivity index (χ1n) is 6.35. The lowest BCUT2D eigenvalue weighted by molar-refractivity contribution is 0.0699. The Bertz CT molecular complexity index is 459. The van der Waals surface area contributed by atoms with Crippen LogP contribution in [0, 0.1) is 11.8 Å². The third-order valence-electron chi connectivity index (χ3n) is 4.23. The van der Waals surface area contributed by atoms with E-state index in [-0.39, 0.29) is 6.10 Å². The quantitative estimate of drug-likeness (QED) is 0.874. The van der Waals surface area contributed by atoms with E-state index in [2.05, 4.69) is 4.90 Å². The molecule has 2 aliphatic rings. The zero-order chi connectivity index (χ0) is 12.7. The molecule has 1 aromatic heterocycles. The molecule has 2 heterocycles. The highest BCUT2D eigenvalue weighted by atomic mass is 32.1. The Labute approximate surface area is 110 Å². The van der Waals surface area contributed by atoms with Crippen LogP contribution >= 0.6 is 11.3 Å². The molecule has 1 aromatic rings. The largest absolute Gasteiger partial charge is 0.477 e. The van der Waals surface area contributed by atoms with Gasteiger partial charge in [-0.1, -0.05) is 0 Å². The molecule has 5 heteroatoms. The maximum Gasteiger partial charge on any atom is 0.346 e. The highest BCUT2D eigenvalue weighted by Gasteiger charge is 2.41. The number of likely N-dealkylation sites (tertiary alicyclic amines) is 1. The number of aromatic carboxylic acids is 1. The lowest BCUT2D eigenvalue weighted by atomic mass is 10.00. The summed E-state index contributed by atoms with van der Waals surface area (Å²) < 4.78 is 0. The Morgan fingerprint density at radius 1 is 1.44 bits per heavy atom. The van der Waals surface area contributed by atoms with Crippen LogP contribution in [0.1, 0.15) is 28.1 Å². The predicted molar refractivity (Wildman–Crippen MR) is 68.8 cm³/mol. The van der Waals surface area contributed by atoms with E-state index in [1.165, 1.54) is 11.3 Å². The van der Waals surface area contributed by atoms with Crippen LogP contribution in [0.15, 0.2) is 11.4 Å². The summed E-state index contributed by atoms with van der Waals surface area (Å²) in [4.78, 5) is 13.8. The average molecular weight is 267 g/mol. The third-order valence-corrected chi connectivity index (χ3v) is 5.17.